The first-order valence-corrected chi connectivity index (χ1v) is 7.14. The first-order valence-electron chi connectivity index (χ1n) is 7.14. The molecule has 0 spiro atoms. The van der Waals surface area contributed by atoms with Gasteiger partial charge in [-0.25, -0.2) is 4.98 Å². The van der Waals surface area contributed by atoms with Crippen molar-refractivity contribution < 1.29 is 4.74 Å². The van der Waals surface area contributed by atoms with Crippen molar-refractivity contribution in [3.8, 4) is 0 Å². The van der Waals surface area contributed by atoms with Gasteiger partial charge in [-0.1, -0.05) is 20.8 Å². The topological polar surface area (TPSA) is 55.0 Å². The van der Waals surface area contributed by atoms with Gasteiger partial charge in [0.1, 0.15) is 11.4 Å². The molecule has 0 amide bonds. The highest BCUT2D eigenvalue weighted by molar-refractivity contribution is 5.12. The molecular formula is C15H24N2O2. The Kier molecular flexibility index (Phi) is 4.09. The van der Waals surface area contributed by atoms with Crippen LogP contribution in [0.4, 0.5) is 0 Å². The maximum absolute atomic E-state index is 11.8. The number of hydrogen-bond donors (Lipinski definition) is 1. The second-order valence-electron chi connectivity index (χ2n) is 6.05. The van der Waals surface area contributed by atoms with Crippen molar-refractivity contribution in [1.82, 2.24) is 9.97 Å². The highest BCUT2D eigenvalue weighted by Crippen LogP contribution is 2.40. The molecule has 0 saturated heterocycles. The van der Waals surface area contributed by atoms with Crippen molar-refractivity contribution in [3.63, 3.8) is 0 Å². The van der Waals surface area contributed by atoms with Crippen molar-refractivity contribution in [2.24, 2.45) is 5.92 Å². The molecular weight excluding hydrogens is 240 g/mol. The van der Waals surface area contributed by atoms with E-state index in [1.807, 2.05) is 13.8 Å². The summed E-state index contributed by atoms with van der Waals surface area (Å²) in [6, 6.07) is 1.59. The van der Waals surface area contributed by atoms with E-state index in [0.717, 1.165) is 37.3 Å². The molecule has 1 aromatic rings. The summed E-state index contributed by atoms with van der Waals surface area (Å²) >= 11 is 0. The predicted molar refractivity (Wildman–Crippen MR) is 75.3 cm³/mol. The fraction of sp³-hybridized carbons (Fsp3) is 0.733. The Morgan fingerprint density at radius 1 is 1.42 bits per heavy atom. The van der Waals surface area contributed by atoms with E-state index < -0.39 is 5.60 Å². The first kappa shape index (κ1) is 14.3. The van der Waals surface area contributed by atoms with Crippen LogP contribution in [0.15, 0.2) is 10.9 Å². The Hall–Kier alpha value is -1.16. The molecule has 1 aliphatic carbocycles. The molecule has 0 radical (unpaired) electrons. The molecule has 1 fully saturated rings. The van der Waals surface area contributed by atoms with Gasteiger partial charge in [-0.05, 0) is 37.5 Å². The number of nitrogens with zero attached hydrogens (tertiary/aromatic N) is 1. The number of hydrogen-bond acceptors (Lipinski definition) is 3. The summed E-state index contributed by atoms with van der Waals surface area (Å²) in [6.07, 6.45) is 4.08. The smallest absolute Gasteiger partial charge is 0.251 e. The summed E-state index contributed by atoms with van der Waals surface area (Å²) in [7, 11) is 1.72. The maximum Gasteiger partial charge on any atom is 0.251 e. The zero-order chi connectivity index (χ0) is 14.0. The lowest BCUT2D eigenvalue weighted by molar-refractivity contribution is -0.0600. The van der Waals surface area contributed by atoms with Gasteiger partial charge in [0.15, 0.2) is 0 Å². The van der Waals surface area contributed by atoms with Crippen LogP contribution in [-0.2, 0) is 10.3 Å². The lowest BCUT2D eigenvalue weighted by atomic mass is 9.79. The number of ether oxygens (including phenoxy) is 1. The van der Waals surface area contributed by atoms with Crippen LogP contribution >= 0.6 is 0 Å². The molecule has 0 bridgehead atoms. The van der Waals surface area contributed by atoms with Crippen molar-refractivity contribution in [2.75, 3.05) is 7.11 Å². The van der Waals surface area contributed by atoms with E-state index in [2.05, 4.69) is 16.9 Å². The molecule has 0 aromatic carbocycles. The summed E-state index contributed by atoms with van der Waals surface area (Å²) < 4.78 is 5.77. The molecule has 0 atom stereocenters. The second kappa shape index (κ2) is 5.45. The fourth-order valence-corrected chi connectivity index (χ4v) is 2.75. The minimum absolute atomic E-state index is 0.0799. The van der Waals surface area contributed by atoms with Gasteiger partial charge >= 0.3 is 0 Å². The van der Waals surface area contributed by atoms with E-state index in [0.29, 0.717) is 5.82 Å². The average Bonchev–Trinajstić information content (AvgIpc) is 2.39. The van der Waals surface area contributed by atoms with Crippen LogP contribution < -0.4 is 5.56 Å². The molecule has 19 heavy (non-hydrogen) atoms. The number of methoxy groups -OCH3 is 1. The maximum atomic E-state index is 11.8. The first-order chi connectivity index (χ1) is 8.97. The number of aromatic nitrogens is 2. The van der Waals surface area contributed by atoms with Crippen LogP contribution in [0.1, 0.15) is 63.9 Å². The summed E-state index contributed by atoms with van der Waals surface area (Å²) in [5.74, 6) is 1.68. The highest BCUT2D eigenvalue weighted by atomic mass is 16.5. The normalized spacial score (nSPS) is 27.7. The molecule has 2 rings (SSSR count). The van der Waals surface area contributed by atoms with Gasteiger partial charge in [-0.15, -0.1) is 0 Å². The average molecular weight is 264 g/mol. The SMILES string of the molecule is COC1(c2nc(C(C)C)cc(=O)[nH]2)CCC(C)CC1. The van der Waals surface area contributed by atoms with Crippen LogP contribution in [0.25, 0.3) is 0 Å². The van der Waals surface area contributed by atoms with E-state index >= 15 is 0 Å². The van der Waals surface area contributed by atoms with E-state index in [9.17, 15) is 4.79 Å². The third-order valence-corrected chi connectivity index (χ3v) is 4.26. The summed E-state index contributed by atoms with van der Waals surface area (Å²) in [5, 5.41) is 0. The Morgan fingerprint density at radius 2 is 2.05 bits per heavy atom. The van der Waals surface area contributed by atoms with Crippen molar-refractivity contribution in [3.05, 3.63) is 27.9 Å². The van der Waals surface area contributed by atoms with Gasteiger partial charge in [0.05, 0.1) is 5.69 Å². The molecule has 1 saturated carbocycles. The van der Waals surface area contributed by atoms with E-state index in [1.165, 1.54) is 0 Å². The summed E-state index contributed by atoms with van der Waals surface area (Å²) in [4.78, 5) is 19.4. The fourth-order valence-electron chi connectivity index (χ4n) is 2.75. The van der Waals surface area contributed by atoms with Crippen molar-refractivity contribution >= 4 is 0 Å². The molecule has 1 N–H and O–H groups in total. The number of aromatic amines is 1. The lowest BCUT2D eigenvalue weighted by Gasteiger charge is -2.37. The zero-order valence-electron chi connectivity index (χ0n) is 12.3. The quantitative estimate of drug-likeness (QED) is 0.913. The molecule has 1 aromatic heterocycles. The minimum atomic E-state index is -0.406. The van der Waals surface area contributed by atoms with Gasteiger partial charge in [0.25, 0.3) is 5.56 Å². The Bertz CT molecular complexity index is 485. The standard InChI is InChI=1S/C15H24N2O2/c1-10(2)12-9-13(18)17-14(16-12)15(19-4)7-5-11(3)6-8-15/h9-11H,5-8H2,1-4H3,(H,16,17,18). The Labute approximate surface area is 114 Å². The summed E-state index contributed by atoms with van der Waals surface area (Å²) in [6.45, 7) is 6.36. The van der Waals surface area contributed by atoms with Gasteiger partial charge in [-0.2, -0.15) is 0 Å². The Morgan fingerprint density at radius 3 is 2.58 bits per heavy atom. The number of H-pyrrole nitrogens is 1. The van der Waals surface area contributed by atoms with Gasteiger partial charge in [0.2, 0.25) is 0 Å². The molecule has 4 nitrogen and oxygen atoms in total. The third kappa shape index (κ3) is 2.89. The number of rotatable bonds is 3. The van der Waals surface area contributed by atoms with Crippen LogP contribution in [0.3, 0.4) is 0 Å². The number of nitrogens with one attached hydrogen (secondary N) is 1. The molecule has 0 aliphatic heterocycles. The lowest BCUT2D eigenvalue weighted by Crippen LogP contribution is -2.37. The molecule has 1 heterocycles. The predicted octanol–water partition coefficient (Wildman–Crippen LogP) is 2.95. The van der Waals surface area contributed by atoms with Crippen LogP contribution in [0.5, 0.6) is 0 Å². The van der Waals surface area contributed by atoms with E-state index in [-0.39, 0.29) is 11.5 Å². The largest absolute Gasteiger partial charge is 0.370 e. The molecule has 1 aliphatic rings. The highest BCUT2D eigenvalue weighted by Gasteiger charge is 2.38. The monoisotopic (exact) mass is 264 g/mol. The molecule has 4 heteroatoms. The van der Waals surface area contributed by atoms with Crippen LogP contribution in [0, 0.1) is 5.92 Å². The summed E-state index contributed by atoms with van der Waals surface area (Å²) in [5.41, 5.74) is 0.355. The minimum Gasteiger partial charge on any atom is -0.370 e. The van der Waals surface area contributed by atoms with Gasteiger partial charge in [-0.3, -0.25) is 4.79 Å². The van der Waals surface area contributed by atoms with Crippen molar-refractivity contribution in [2.45, 2.75) is 58.0 Å². The Balaban J connectivity index is 2.41. The zero-order valence-corrected chi connectivity index (χ0v) is 12.3. The van der Waals surface area contributed by atoms with Crippen LogP contribution in [0.2, 0.25) is 0 Å². The molecule has 106 valence electrons. The van der Waals surface area contributed by atoms with Gasteiger partial charge < -0.3 is 9.72 Å². The van der Waals surface area contributed by atoms with Crippen molar-refractivity contribution in [1.29, 1.82) is 0 Å². The van der Waals surface area contributed by atoms with E-state index in [1.54, 1.807) is 13.2 Å². The van der Waals surface area contributed by atoms with Crippen LogP contribution in [-0.4, -0.2) is 17.1 Å². The second-order valence-corrected chi connectivity index (χ2v) is 6.05. The van der Waals surface area contributed by atoms with Gasteiger partial charge in [0, 0.05) is 13.2 Å². The van der Waals surface area contributed by atoms with E-state index in [4.69, 9.17) is 4.74 Å². The molecule has 0 unspecified atom stereocenters. The third-order valence-electron chi connectivity index (χ3n) is 4.26.